The molecule has 0 spiro atoms. The fourth-order valence-corrected chi connectivity index (χ4v) is 3.01. The maximum atomic E-state index is 11.9. The van der Waals surface area contributed by atoms with Crippen LogP contribution in [0.2, 0.25) is 0 Å². The zero-order valence-corrected chi connectivity index (χ0v) is 16.3. The number of hydrogen-bond donors (Lipinski definition) is 4. The largest absolute Gasteiger partial charge is 0.367 e. The molecular weight excluding hydrogens is 316 g/mol. The lowest BCUT2D eigenvalue weighted by Crippen LogP contribution is -2.48. The van der Waals surface area contributed by atoms with Gasteiger partial charge in [-0.15, -0.1) is 0 Å². The molecule has 1 amide bonds. The topological polar surface area (TPSA) is 64.3 Å². The van der Waals surface area contributed by atoms with E-state index in [4.69, 9.17) is 10.5 Å². The quantitative estimate of drug-likeness (QED) is 0.323. The third kappa shape index (κ3) is 11.6. The molecule has 0 radical (unpaired) electrons. The van der Waals surface area contributed by atoms with Gasteiger partial charge in [0.2, 0.25) is 5.91 Å². The maximum Gasteiger partial charge on any atom is 0.220 e. The second-order valence-electron chi connectivity index (χ2n) is 7.01. The first kappa shape index (κ1) is 22.1. The number of rotatable bonds is 12. The average molecular weight is 351 g/mol. The number of thiol groups is 2. The van der Waals surface area contributed by atoms with Crippen molar-refractivity contribution in [1.29, 1.82) is 0 Å². The van der Waals surface area contributed by atoms with E-state index < -0.39 is 5.60 Å². The van der Waals surface area contributed by atoms with Crippen LogP contribution in [0.5, 0.6) is 0 Å². The molecule has 0 aliphatic rings. The molecule has 0 aromatic rings. The molecule has 1 atom stereocenters. The Labute approximate surface area is 147 Å². The minimum Gasteiger partial charge on any atom is -0.367 e. The molecule has 132 valence electrons. The van der Waals surface area contributed by atoms with E-state index in [2.05, 4.69) is 30.6 Å². The van der Waals surface area contributed by atoms with Crippen LogP contribution in [0.15, 0.2) is 0 Å². The summed E-state index contributed by atoms with van der Waals surface area (Å²) in [4.78, 5) is 11.9. The first-order chi connectivity index (χ1) is 10.1. The summed E-state index contributed by atoms with van der Waals surface area (Å²) < 4.78 is 5.95. The standard InChI is InChI=1S/C16H34N2O2S2/c1-15(2,11-17)20-16(3,4)12-18-14(19)8-6-5-7-13(22)9-10-21/h13,21-22H,5-12,17H2,1-4H3,(H,18,19). The third-order valence-electron chi connectivity index (χ3n) is 3.41. The molecule has 0 aromatic heterocycles. The third-order valence-corrected chi connectivity index (χ3v) is 4.18. The van der Waals surface area contributed by atoms with E-state index in [0.29, 0.717) is 24.8 Å². The van der Waals surface area contributed by atoms with Crippen molar-refractivity contribution in [1.82, 2.24) is 5.32 Å². The lowest BCUT2D eigenvalue weighted by Gasteiger charge is -2.35. The van der Waals surface area contributed by atoms with Crippen molar-refractivity contribution >= 4 is 31.2 Å². The highest BCUT2D eigenvalue weighted by molar-refractivity contribution is 7.81. The Balaban J connectivity index is 3.89. The number of unbranched alkanes of at least 4 members (excludes halogenated alkanes) is 1. The van der Waals surface area contributed by atoms with Crippen LogP contribution in [0.3, 0.4) is 0 Å². The number of nitrogens with one attached hydrogen (secondary N) is 1. The summed E-state index contributed by atoms with van der Waals surface area (Å²) in [6.45, 7) is 8.78. The van der Waals surface area contributed by atoms with E-state index in [9.17, 15) is 4.79 Å². The van der Waals surface area contributed by atoms with Gasteiger partial charge in [-0.3, -0.25) is 4.79 Å². The summed E-state index contributed by atoms with van der Waals surface area (Å²) in [6, 6.07) is 0. The maximum absolute atomic E-state index is 11.9. The Morgan fingerprint density at radius 2 is 1.82 bits per heavy atom. The van der Waals surface area contributed by atoms with E-state index in [1.165, 1.54) is 0 Å². The van der Waals surface area contributed by atoms with Crippen molar-refractivity contribution in [2.24, 2.45) is 5.73 Å². The number of ether oxygens (including phenoxy) is 1. The molecule has 1 unspecified atom stereocenters. The lowest BCUT2D eigenvalue weighted by molar-refractivity contribution is -0.130. The molecule has 4 nitrogen and oxygen atoms in total. The molecule has 0 aromatic carbocycles. The first-order valence-electron chi connectivity index (χ1n) is 8.08. The number of carbonyl (C=O) groups is 1. The monoisotopic (exact) mass is 350 g/mol. The molecule has 0 rings (SSSR count). The van der Waals surface area contributed by atoms with Crippen LogP contribution in [0.4, 0.5) is 0 Å². The van der Waals surface area contributed by atoms with Crippen LogP contribution in [0, 0.1) is 0 Å². The second kappa shape index (κ2) is 10.8. The molecule has 0 fully saturated rings. The van der Waals surface area contributed by atoms with Gasteiger partial charge in [0, 0.05) is 24.8 Å². The van der Waals surface area contributed by atoms with E-state index >= 15 is 0 Å². The van der Waals surface area contributed by atoms with Gasteiger partial charge in [0.15, 0.2) is 0 Å². The van der Waals surface area contributed by atoms with E-state index in [1.807, 2.05) is 27.7 Å². The fourth-order valence-electron chi connectivity index (χ4n) is 2.18. The van der Waals surface area contributed by atoms with Crippen LogP contribution in [-0.2, 0) is 9.53 Å². The van der Waals surface area contributed by atoms with Gasteiger partial charge in [-0.05, 0) is 52.7 Å². The van der Waals surface area contributed by atoms with Crippen LogP contribution in [0.25, 0.3) is 0 Å². The van der Waals surface area contributed by atoms with Gasteiger partial charge in [0.1, 0.15) is 0 Å². The number of hydrogen-bond acceptors (Lipinski definition) is 5. The normalized spacial score (nSPS) is 14.0. The van der Waals surface area contributed by atoms with Crippen molar-refractivity contribution < 1.29 is 9.53 Å². The summed E-state index contributed by atoms with van der Waals surface area (Å²) in [5.74, 6) is 0.940. The van der Waals surface area contributed by atoms with Crippen molar-refractivity contribution in [3.63, 3.8) is 0 Å². The Hall–Kier alpha value is 0.0900. The molecule has 0 aliphatic carbocycles. The minimum absolute atomic E-state index is 0.0761. The summed E-state index contributed by atoms with van der Waals surface area (Å²) >= 11 is 8.68. The molecular formula is C16H34N2O2S2. The molecule has 3 N–H and O–H groups in total. The smallest absolute Gasteiger partial charge is 0.220 e. The zero-order chi connectivity index (χ0) is 17.2. The van der Waals surface area contributed by atoms with E-state index in [-0.39, 0.29) is 11.5 Å². The van der Waals surface area contributed by atoms with Crippen LogP contribution in [0.1, 0.15) is 59.8 Å². The van der Waals surface area contributed by atoms with Crippen molar-refractivity contribution in [3.8, 4) is 0 Å². The molecule has 22 heavy (non-hydrogen) atoms. The Bertz CT molecular complexity index is 323. The summed E-state index contributed by atoms with van der Waals surface area (Å²) in [5, 5.41) is 3.34. The number of carbonyl (C=O) groups excluding carboxylic acids is 1. The highest BCUT2D eigenvalue weighted by Gasteiger charge is 2.28. The summed E-state index contributed by atoms with van der Waals surface area (Å²) in [7, 11) is 0. The SMILES string of the molecule is CC(C)(CN)OC(C)(C)CNC(=O)CCCCC(S)CCS. The Kier molecular flexibility index (Phi) is 10.8. The zero-order valence-electron chi connectivity index (χ0n) is 14.5. The van der Waals surface area contributed by atoms with Gasteiger partial charge in [0.05, 0.1) is 11.2 Å². The van der Waals surface area contributed by atoms with Gasteiger partial charge < -0.3 is 15.8 Å². The van der Waals surface area contributed by atoms with Gasteiger partial charge in [-0.25, -0.2) is 0 Å². The van der Waals surface area contributed by atoms with Gasteiger partial charge >= 0.3 is 0 Å². The van der Waals surface area contributed by atoms with Gasteiger partial charge in [-0.1, -0.05) is 6.42 Å². The van der Waals surface area contributed by atoms with Crippen LogP contribution in [-0.4, -0.2) is 41.2 Å². The molecule has 0 saturated heterocycles. The van der Waals surface area contributed by atoms with Crippen LogP contribution >= 0.6 is 25.3 Å². The highest BCUT2D eigenvalue weighted by atomic mass is 32.1. The molecule has 0 bridgehead atoms. The predicted octanol–water partition coefficient (Wildman–Crippen LogP) is 2.81. The number of amides is 1. The molecule has 6 heteroatoms. The number of nitrogens with two attached hydrogens (primary N) is 1. The Morgan fingerprint density at radius 1 is 1.18 bits per heavy atom. The molecule has 0 aliphatic heterocycles. The van der Waals surface area contributed by atoms with E-state index in [1.54, 1.807) is 0 Å². The Morgan fingerprint density at radius 3 is 2.36 bits per heavy atom. The molecule has 0 saturated carbocycles. The van der Waals surface area contributed by atoms with Gasteiger partial charge in [-0.2, -0.15) is 25.3 Å². The molecule has 0 heterocycles. The average Bonchev–Trinajstić information content (AvgIpc) is 2.41. The van der Waals surface area contributed by atoms with Crippen molar-refractivity contribution in [2.45, 2.75) is 76.3 Å². The summed E-state index contributed by atoms with van der Waals surface area (Å²) in [5.41, 5.74) is 4.86. The second-order valence-corrected chi connectivity index (χ2v) is 8.19. The van der Waals surface area contributed by atoms with Crippen molar-refractivity contribution in [2.75, 3.05) is 18.8 Å². The lowest BCUT2D eigenvalue weighted by atomic mass is 10.1. The van der Waals surface area contributed by atoms with Gasteiger partial charge in [0.25, 0.3) is 0 Å². The summed E-state index contributed by atoms with van der Waals surface area (Å²) in [6.07, 6.45) is 4.52. The first-order valence-corrected chi connectivity index (χ1v) is 9.22. The fraction of sp³-hybridized carbons (Fsp3) is 0.938. The van der Waals surface area contributed by atoms with E-state index in [0.717, 1.165) is 31.4 Å². The minimum atomic E-state index is -0.429. The highest BCUT2D eigenvalue weighted by Crippen LogP contribution is 2.19. The predicted molar refractivity (Wildman–Crippen MR) is 101 cm³/mol. The van der Waals surface area contributed by atoms with Crippen LogP contribution < -0.4 is 11.1 Å². The van der Waals surface area contributed by atoms with Crippen molar-refractivity contribution in [3.05, 3.63) is 0 Å².